The van der Waals surface area contributed by atoms with Crippen molar-refractivity contribution in [3.63, 3.8) is 0 Å². The molecule has 0 aliphatic carbocycles. The quantitative estimate of drug-likeness (QED) is 0.504. The maximum absolute atomic E-state index is 11.6. The second-order valence-corrected chi connectivity index (χ2v) is 7.44. The average Bonchev–Trinajstić information content (AvgIpc) is 3.06. The van der Waals surface area contributed by atoms with E-state index in [0.717, 1.165) is 27.2 Å². The van der Waals surface area contributed by atoms with Crippen LogP contribution in [0, 0.1) is 0 Å². The van der Waals surface area contributed by atoms with Crippen molar-refractivity contribution >= 4 is 35.0 Å². The number of nitrogens with two attached hydrogens (primary N) is 1. The first-order valence-corrected chi connectivity index (χ1v) is 9.53. The predicted octanol–water partition coefficient (Wildman–Crippen LogP) is 4.15. The van der Waals surface area contributed by atoms with Gasteiger partial charge in [-0.15, -0.1) is 0 Å². The molecule has 4 aromatic rings. The molecule has 0 radical (unpaired) electrons. The van der Waals surface area contributed by atoms with E-state index in [1.165, 1.54) is 0 Å². The number of hydrogen-bond donors (Lipinski definition) is 1. The fourth-order valence-corrected chi connectivity index (χ4v) is 3.98. The van der Waals surface area contributed by atoms with E-state index in [9.17, 15) is 9.59 Å². The number of aromatic nitrogens is 2. The number of nitrogens with zero attached hydrogens (tertiary/aromatic N) is 2. The van der Waals surface area contributed by atoms with E-state index in [1.54, 1.807) is 34.5 Å². The van der Waals surface area contributed by atoms with E-state index < -0.39 is 5.91 Å². The SMILES string of the molecule is NC(=O)Cn1c(-c2cccc(Sc3ccccc3)c2)nc2cc(C=O)ccc21. The summed E-state index contributed by atoms with van der Waals surface area (Å²) >= 11 is 1.65. The number of rotatable bonds is 6. The van der Waals surface area contributed by atoms with Crippen LogP contribution in [0.2, 0.25) is 0 Å². The Kier molecular flexibility index (Phi) is 4.95. The van der Waals surface area contributed by atoms with Gasteiger partial charge < -0.3 is 10.3 Å². The first-order chi connectivity index (χ1) is 13.6. The Labute approximate surface area is 166 Å². The van der Waals surface area contributed by atoms with Gasteiger partial charge in [-0.2, -0.15) is 0 Å². The largest absolute Gasteiger partial charge is 0.368 e. The van der Waals surface area contributed by atoms with Crippen LogP contribution < -0.4 is 5.73 Å². The molecule has 138 valence electrons. The zero-order valence-electron chi connectivity index (χ0n) is 14.9. The van der Waals surface area contributed by atoms with Crippen LogP contribution in [0.25, 0.3) is 22.4 Å². The Morgan fingerprint density at radius 1 is 1.00 bits per heavy atom. The van der Waals surface area contributed by atoms with Gasteiger partial charge in [-0.25, -0.2) is 4.98 Å². The summed E-state index contributed by atoms with van der Waals surface area (Å²) in [6.07, 6.45) is 0.781. The molecule has 1 aromatic heterocycles. The third kappa shape index (κ3) is 3.68. The Morgan fingerprint density at radius 3 is 2.54 bits per heavy atom. The molecule has 0 atom stereocenters. The van der Waals surface area contributed by atoms with Gasteiger partial charge in [0.2, 0.25) is 5.91 Å². The molecule has 1 amide bonds. The van der Waals surface area contributed by atoms with Gasteiger partial charge in [-0.3, -0.25) is 9.59 Å². The Morgan fingerprint density at radius 2 is 1.79 bits per heavy atom. The number of primary amides is 1. The number of carbonyl (C=O) groups is 2. The lowest BCUT2D eigenvalue weighted by molar-refractivity contribution is -0.118. The third-order valence-electron chi connectivity index (χ3n) is 4.29. The summed E-state index contributed by atoms with van der Waals surface area (Å²) in [6.45, 7) is 0.0162. The minimum atomic E-state index is -0.449. The number of fused-ring (bicyclic) bond motifs is 1. The molecule has 0 unspecified atom stereocenters. The molecule has 0 saturated carbocycles. The zero-order valence-corrected chi connectivity index (χ0v) is 15.7. The van der Waals surface area contributed by atoms with Crippen LogP contribution in [-0.4, -0.2) is 21.7 Å². The van der Waals surface area contributed by atoms with Crippen molar-refractivity contribution in [2.24, 2.45) is 5.73 Å². The number of amides is 1. The van der Waals surface area contributed by atoms with Gasteiger partial charge in [-0.05, 0) is 42.5 Å². The van der Waals surface area contributed by atoms with Gasteiger partial charge >= 0.3 is 0 Å². The fourth-order valence-electron chi connectivity index (χ4n) is 3.08. The van der Waals surface area contributed by atoms with E-state index in [1.807, 2.05) is 42.5 Å². The molecule has 0 aliphatic heterocycles. The molecule has 28 heavy (non-hydrogen) atoms. The lowest BCUT2D eigenvalue weighted by Crippen LogP contribution is -2.19. The van der Waals surface area contributed by atoms with E-state index in [-0.39, 0.29) is 6.54 Å². The maximum atomic E-state index is 11.6. The normalized spacial score (nSPS) is 10.9. The molecule has 4 rings (SSSR count). The molecule has 0 fully saturated rings. The summed E-state index contributed by atoms with van der Waals surface area (Å²) in [5, 5.41) is 0. The van der Waals surface area contributed by atoms with Gasteiger partial charge in [0.1, 0.15) is 18.7 Å². The molecule has 0 aliphatic rings. The Bertz CT molecular complexity index is 1170. The number of imidazole rings is 1. The highest BCUT2D eigenvalue weighted by Gasteiger charge is 2.15. The summed E-state index contributed by atoms with van der Waals surface area (Å²) in [4.78, 5) is 29.6. The van der Waals surface area contributed by atoms with Crippen LogP contribution in [0.1, 0.15) is 10.4 Å². The highest BCUT2D eigenvalue weighted by molar-refractivity contribution is 7.99. The lowest BCUT2D eigenvalue weighted by atomic mass is 10.2. The number of hydrogen-bond acceptors (Lipinski definition) is 4. The third-order valence-corrected chi connectivity index (χ3v) is 5.29. The van der Waals surface area contributed by atoms with Gasteiger partial charge in [-0.1, -0.05) is 42.1 Å². The topological polar surface area (TPSA) is 78.0 Å². The van der Waals surface area contributed by atoms with Crippen LogP contribution in [0.5, 0.6) is 0 Å². The van der Waals surface area contributed by atoms with Crippen molar-refractivity contribution < 1.29 is 9.59 Å². The van der Waals surface area contributed by atoms with Crippen molar-refractivity contribution in [1.29, 1.82) is 0 Å². The van der Waals surface area contributed by atoms with Gasteiger partial charge in [0, 0.05) is 20.9 Å². The number of carbonyl (C=O) groups excluding carboxylic acids is 2. The minimum absolute atomic E-state index is 0.0162. The van der Waals surface area contributed by atoms with Crippen LogP contribution in [0.4, 0.5) is 0 Å². The molecule has 0 saturated heterocycles. The molecular formula is C22H17N3O2S. The van der Waals surface area contributed by atoms with Gasteiger partial charge in [0.05, 0.1) is 11.0 Å². The zero-order chi connectivity index (χ0) is 19.5. The van der Waals surface area contributed by atoms with Crippen LogP contribution in [-0.2, 0) is 11.3 Å². The monoisotopic (exact) mass is 387 g/mol. The van der Waals surface area contributed by atoms with E-state index >= 15 is 0 Å². The van der Waals surface area contributed by atoms with Gasteiger partial charge in [0.15, 0.2) is 0 Å². The van der Waals surface area contributed by atoms with Gasteiger partial charge in [0.25, 0.3) is 0 Å². The van der Waals surface area contributed by atoms with Crippen LogP contribution in [0.3, 0.4) is 0 Å². The molecular weight excluding hydrogens is 370 g/mol. The molecule has 3 aromatic carbocycles. The second kappa shape index (κ2) is 7.70. The minimum Gasteiger partial charge on any atom is -0.368 e. The number of benzene rings is 3. The second-order valence-electron chi connectivity index (χ2n) is 6.30. The van der Waals surface area contributed by atoms with Crippen molar-refractivity contribution in [2.75, 3.05) is 0 Å². The van der Waals surface area contributed by atoms with Crippen molar-refractivity contribution in [1.82, 2.24) is 9.55 Å². The van der Waals surface area contributed by atoms with Crippen LogP contribution >= 0.6 is 11.8 Å². The fraction of sp³-hybridized carbons (Fsp3) is 0.0455. The molecule has 6 heteroatoms. The van der Waals surface area contributed by atoms with Crippen molar-refractivity contribution in [3.05, 3.63) is 78.4 Å². The molecule has 1 heterocycles. The highest BCUT2D eigenvalue weighted by atomic mass is 32.2. The van der Waals surface area contributed by atoms with E-state index in [2.05, 4.69) is 17.1 Å². The average molecular weight is 387 g/mol. The Hall–Kier alpha value is -3.38. The first kappa shape index (κ1) is 18.0. The van der Waals surface area contributed by atoms with Crippen molar-refractivity contribution in [2.45, 2.75) is 16.3 Å². The first-order valence-electron chi connectivity index (χ1n) is 8.71. The van der Waals surface area contributed by atoms with Crippen LogP contribution in [0.15, 0.2) is 82.6 Å². The molecule has 5 nitrogen and oxygen atoms in total. The molecule has 2 N–H and O–H groups in total. The smallest absolute Gasteiger partial charge is 0.237 e. The summed E-state index contributed by atoms with van der Waals surface area (Å²) < 4.78 is 1.79. The highest BCUT2D eigenvalue weighted by Crippen LogP contribution is 2.32. The maximum Gasteiger partial charge on any atom is 0.237 e. The molecule has 0 bridgehead atoms. The standard InChI is InChI=1S/C22H17N3O2S/c23-21(27)13-25-20-10-9-15(14-26)11-19(20)24-22(25)16-5-4-8-18(12-16)28-17-6-2-1-3-7-17/h1-12,14H,13H2,(H2,23,27). The summed E-state index contributed by atoms with van der Waals surface area (Å²) in [6, 6.07) is 23.3. The summed E-state index contributed by atoms with van der Waals surface area (Å²) in [5.74, 6) is 0.196. The van der Waals surface area contributed by atoms with Crippen molar-refractivity contribution in [3.8, 4) is 11.4 Å². The van der Waals surface area contributed by atoms with E-state index in [0.29, 0.717) is 16.9 Å². The number of aldehydes is 1. The summed E-state index contributed by atoms with van der Waals surface area (Å²) in [5.41, 5.74) is 8.30. The molecule has 0 spiro atoms. The van der Waals surface area contributed by atoms with E-state index in [4.69, 9.17) is 5.73 Å². The Balaban J connectivity index is 1.80. The lowest BCUT2D eigenvalue weighted by Gasteiger charge is -2.09. The predicted molar refractivity (Wildman–Crippen MR) is 110 cm³/mol. The summed E-state index contributed by atoms with van der Waals surface area (Å²) in [7, 11) is 0.